The lowest BCUT2D eigenvalue weighted by molar-refractivity contribution is -0.592. The number of hydrogen-bond acceptors (Lipinski definition) is 4. The van der Waals surface area contributed by atoms with Crippen molar-refractivity contribution in [3.05, 3.63) is 59.4 Å². The lowest BCUT2D eigenvalue weighted by atomic mass is 10.2. The molecule has 0 atom stereocenters. The molecule has 0 bridgehead atoms. The highest BCUT2D eigenvalue weighted by Crippen LogP contribution is 2.16. The van der Waals surface area contributed by atoms with Gasteiger partial charge < -0.3 is 14.8 Å². The highest BCUT2D eigenvalue weighted by molar-refractivity contribution is 5.36. The van der Waals surface area contributed by atoms with Crippen LogP contribution in [0.4, 0.5) is 5.82 Å². The first-order valence-electron chi connectivity index (χ1n) is 7.31. The van der Waals surface area contributed by atoms with Crippen LogP contribution in [-0.4, -0.2) is 39.2 Å². The Hall–Kier alpha value is -2.27. The van der Waals surface area contributed by atoms with Crippen molar-refractivity contribution in [2.75, 3.05) is 39.2 Å². The van der Waals surface area contributed by atoms with Gasteiger partial charge in [-0.2, -0.15) is 0 Å². The van der Waals surface area contributed by atoms with Crippen LogP contribution in [0.3, 0.4) is 0 Å². The molecule has 2 aromatic rings. The number of benzene rings is 1. The van der Waals surface area contributed by atoms with E-state index in [2.05, 4.69) is 9.80 Å². The second-order valence-corrected chi connectivity index (χ2v) is 5.46. The van der Waals surface area contributed by atoms with E-state index in [-0.39, 0.29) is 0 Å². The van der Waals surface area contributed by atoms with Crippen molar-refractivity contribution in [3.63, 3.8) is 0 Å². The number of methoxy groups -OCH3 is 1. The third-order valence-corrected chi connectivity index (χ3v) is 3.48. The summed E-state index contributed by atoms with van der Waals surface area (Å²) in [6.45, 7) is 2.35. The van der Waals surface area contributed by atoms with Gasteiger partial charge in [0.05, 0.1) is 19.9 Å². The van der Waals surface area contributed by atoms with Gasteiger partial charge in [0.15, 0.2) is 0 Å². The van der Waals surface area contributed by atoms with Gasteiger partial charge in [0.2, 0.25) is 0 Å². The standard InChI is InChI=1S/C17H23N3O2/c1-18(2)12-13-19(17-6-4-5-11-20(17)21)14-15-7-9-16(22-3)10-8-15/h4-11H,12-14H2,1-3H3. The molecule has 0 spiro atoms. The molecule has 1 aromatic carbocycles. The zero-order chi connectivity index (χ0) is 15.9. The van der Waals surface area contributed by atoms with Crippen LogP contribution >= 0.6 is 0 Å². The van der Waals surface area contributed by atoms with Crippen molar-refractivity contribution in [2.24, 2.45) is 0 Å². The fourth-order valence-electron chi connectivity index (χ4n) is 2.21. The fourth-order valence-corrected chi connectivity index (χ4v) is 2.21. The van der Waals surface area contributed by atoms with Crippen LogP contribution in [0.2, 0.25) is 0 Å². The summed E-state index contributed by atoms with van der Waals surface area (Å²) in [6, 6.07) is 13.4. The maximum Gasteiger partial charge on any atom is 0.279 e. The number of aromatic nitrogens is 1. The summed E-state index contributed by atoms with van der Waals surface area (Å²) in [5, 5.41) is 12.0. The Bertz CT molecular complexity index is 585. The molecule has 22 heavy (non-hydrogen) atoms. The van der Waals surface area contributed by atoms with Crippen LogP contribution in [0, 0.1) is 5.21 Å². The minimum atomic E-state index is 0.667. The molecule has 0 unspecified atom stereocenters. The fraction of sp³-hybridized carbons (Fsp3) is 0.353. The molecule has 118 valence electrons. The molecule has 0 aliphatic rings. The highest BCUT2D eigenvalue weighted by Gasteiger charge is 2.17. The third-order valence-electron chi connectivity index (χ3n) is 3.48. The van der Waals surface area contributed by atoms with E-state index in [0.29, 0.717) is 12.4 Å². The van der Waals surface area contributed by atoms with E-state index in [0.717, 1.165) is 29.1 Å². The van der Waals surface area contributed by atoms with E-state index in [4.69, 9.17) is 4.74 Å². The van der Waals surface area contributed by atoms with Crippen molar-refractivity contribution in [3.8, 4) is 5.75 Å². The first-order valence-corrected chi connectivity index (χ1v) is 7.31. The maximum absolute atomic E-state index is 12.0. The Morgan fingerprint density at radius 3 is 2.36 bits per heavy atom. The van der Waals surface area contributed by atoms with Gasteiger partial charge in [0.25, 0.3) is 5.82 Å². The molecule has 0 saturated heterocycles. The molecule has 0 saturated carbocycles. The molecular weight excluding hydrogens is 278 g/mol. The van der Waals surface area contributed by atoms with Gasteiger partial charge in [-0.25, -0.2) is 4.73 Å². The summed E-state index contributed by atoms with van der Waals surface area (Å²) in [6.07, 6.45) is 1.53. The first kappa shape index (κ1) is 16.1. The van der Waals surface area contributed by atoms with E-state index in [1.165, 1.54) is 6.20 Å². The number of likely N-dealkylation sites (N-methyl/N-ethyl adjacent to an activating group) is 1. The normalized spacial score (nSPS) is 10.7. The third kappa shape index (κ3) is 4.36. The largest absolute Gasteiger partial charge is 0.711 e. The van der Waals surface area contributed by atoms with Gasteiger partial charge in [-0.15, -0.1) is 0 Å². The second kappa shape index (κ2) is 7.66. The summed E-state index contributed by atoms with van der Waals surface area (Å²) in [5.74, 6) is 1.50. The average Bonchev–Trinajstić information content (AvgIpc) is 2.52. The molecule has 0 amide bonds. The van der Waals surface area contributed by atoms with Crippen LogP contribution in [0.15, 0.2) is 48.7 Å². The van der Waals surface area contributed by atoms with E-state index in [1.807, 2.05) is 50.5 Å². The molecule has 0 aliphatic carbocycles. The van der Waals surface area contributed by atoms with Crippen molar-refractivity contribution in [1.82, 2.24) is 4.90 Å². The van der Waals surface area contributed by atoms with E-state index in [9.17, 15) is 5.21 Å². The van der Waals surface area contributed by atoms with E-state index in [1.54, 1.807) is 13.2 Å². The number of anilines is 1. The van der Waals surface area contributed by atoms with Crippen LogP contribution in [0.1, 0.15) is 5.56 Å². The molecule has 0 fully saturated rings. The summed E-state index contributed by atoms with van der Waals surface area (Å²) in [7, 11) is 5.71. The number of hydrogen-bond donors (Lipinski definition) is 0. The Morgan fingerprint density at radius 1 is 1.05 bits per heavy atom. The number of nitrogens with zero attached hydrogens (tertiary/aromatic N) is 3. The van der Waals surface area contributed by atoms with Crippen molar-refractivity contribution in [2.45, 2.75) is 6.54 Å². The van der Waals surface area contributed by atoms with Crippen molar-refractivity contribution < 1.29 is 9.47 Å². The predicted octanol–water partition coefficient (Wildman–Crippen LogP) is 1.90. The summed E-state index contributed by atoms with van der Waals surface area (Å²) < 4.78 is 6.10. The van der Waals surface area contributed by atoms with Crippen LogP contribution in [-0.2, 0) is 6.54 Å². The maximum atomic E-state index is 12.0. The minimum absolute atomic E-state index is 0.667. The van der Waals surface area contributed by atoms with E-state index >= 15 is 0 Å². The molecule has 1 heterocycles. The van der Waals surface area contributed by atoms with Gasteiger partial charge in [0.1, 0.15) is 12.3 Å². The van der Waals surface area contributed by atoms with Gasteiger partial charge in [0, 0.05) is 12.6 Å². The molecular formula is C17H23N3O2. The van der Waals surface area contributed by atoms with Gasteiger partial charge in [-0.05, 0) is 37.9 Å². The first-order chi connectivity index (χ1) is 10.6. The Kier molecular flexibility index (Phi) is 5.61. The lowest BCUT2D eigenvalue weighted by Gasteiger charge is -2.22. The average molecular weight is 301 g/mol. The quantitative estimate of drug-likeness (QED) is 0.579. The molecule has 5 nitrogen and oxygen atoms in total. The zero-order valence-corrected chi connectivity index (χ0v) is 13.4. The monoisotopic (exact) mass is 301 g/mol. The summed E-state index contributed by atoms with van der Waals surface area (Å²) in [4.78, 5) is 4.20. The van der Waals surface area contributed by atoms with Gasteiger partial charge >= 0.3 is 0 Å². The van der Waals surface area contributed by atoms with Crippen LogP contribution < -0.4 is 14.4 Å². The SMILES string of the molecule is COc1ccc(CN(CCN(C)C)c2cccc[n+]2[O-])cc1. The van der Waals surface area contributed by atoms with Crippen LogP contribution in [0.25, 0.3) is 0 Å². The molecule has 5 heteroatoms. The van der Waals surface area contributed by atoms with Crippen molar-refractivity contribution >= 4 is 5.82 Å². The van der Waals surface area contributed by atoms with Gasteiger partial charge in [-0.3, -0.25) is 4.90 Å². The predicted molar refractivity (Wildman–Crippen MR) is 88.0 cm³/mol. The summed E-state index contributed by atoms with van der Waals surface area (Å²) >= 11 is 0. The number of pyridine rings is 1. The number of ether oxygens (including phenoxy) is 1. The van der Waals surface area contributed by atoms with E-state index < -0.39 is 0 Å². The van der Waals surface area contributed by atoms with Crippen LogP contribution in [0.5, 0.6) is 5.75 Å². The molecule has 1 aromatic heterocycles. The minimum Gasteiger partial charge on any atom is -0.711 e. The topological polar surface area (TPSA) is 42.6 Å². The Balaban J connectivity index is 2.18. The molecule has 2 rings (SSSR count). The molecule has 0 N–H and O–H groups in total. The second-order valence-electron chi connectivity index (χ2n) is 5.46. The summed E-state index contributed by atoms with van der Waals surface area (Å²) in [5.41, 5.74) is 1.14. The highest BCUT2D eigenvalue weighted by atomic mass is 16.5. The molecule has 0 radical (unpaired) electrons. The van der Waals surface area contributed by atoms with Gasteiger partial charge in [-0.1, -0.05) is 18.2 Å². The molecule has 0 aliphatic heterocycles. The Morgan fingerprint density at radius 2 is 1.77 bits per heavy atom. The number of rotatable bonds is 7. The Labute approximate surface area is 131 Å². The van der Waals surface area contributed by atoms with Crippen molar-refractivity contribution in [1.29, 1.82) is 0 Å². The zero-order valence-electron chi connectivity index (χ0n) is 13.4. The lowest BCUT2D eigenvalue weighted by Crippen LogP contribution is -2.40. The smallest absolute Gasteiger partial charge is 0.279 e.